The van der Waals surface area contributed by atoms with Gasteiger partial charge in [-0.15, -0.1) is 10.2 Å². The monoisotopic (exact) mass is 336 g/mol. The fourth-order valence-electron chi connectivity index (χ4n) is 2.70. The summed E-state index contributed by atoms with van der Waals surface area (Å²) in [6.45, 7) is 6.48. The molecule has 0 radical (unpaired) electrons. The summed E-state index contributed by atoms with van der Waals surface area (Å²) in [7, 11) is 0. The van der Waals surface area contributed by atoms with Gasteiger partial charge >= 0.3 is 0 Å². The molecule has 0 fully saturated rings. The standard InChI is InChI=1S/C19H20N4O2/c1-12-9-13(2)18(14(3)10-12)21-17-7-6-16(22-23-17)19(24)20-11-15-5-4-8-25-15/h4-10H,11H2,1-3H3,(H,20,24)(H,21,23). The van der Waals surface area contributed by atoms with Crippen molar-refractivity contribution in [2.24, 2.45) is 0 Å². The number of hydrogen-bond donors (Lipinski definition) is 2. The number of hydrogen-bond acceptors (Lipinski definition) is 5. The lowest BCUT2D eigenvalue weighted by atomic mass is 10.1. The largest absolute Gasteiger partial charge is 0.467 e. The Bertz CT molecular complexity index is 848. The first kappa shape index (κ1) is 16.7. The Kier molecular flexibility index (Phi) is 4.79. The zero-order valence-corrected chi connectivity index (χ0v) is 14.5. The van der Waals surface area contributed by atoms with Crippen LogP contribution in [0.4, 0.5) is 11.5 Å². The molecule has 1 amide bonds. The lowest BCUT2D eigenvalue weighted by Gasteiger charge is -2.13. The van der Waals surface area contributed by atoms with E-state index < -0.39 is 0 Å². The Morgan fingerprint density at radius 1 is 1.08 bits per heavy atom. The molecule has 6 heteroatoms. The highest BCUT2D eigenvalue weighted by molar-refractivity contribution is 5.92. The lowest BCUT2D eigenvalue weighted by Crippen LogP contribution is -2.23. The van der Waals surface area contributed by atoms with Crippen LogP contribution in [0.15, 0.2) is 47.1 Å². The van der Waals surface area contributed by atoms with Gasteiger partial charge in [-0.25, -0.2) is 0 Å². The molecule has 0 bridgehead atoms. The summed E-state index contributed by atoms with van der Waals surface area (Å²) in [5.74, 6) is 0.987. The first-order valence-electron chi connectivity index (χ1n) is 8.02. The van der Waals surface area contributed by atoms with Crippen molar-refractivity contribution in [2.45, 2.75) is 27.3 Å². The van der Waals surface area contributed by atoms with Gasteiger partial charge in [0, 0.05) is 5.69 Å². The number of amides is 1. The minimum absolute atomic E-state index is 0.259. The summed E-state index contributed by atoms with van der Waals surface area (Å²) >= 11 is 0. The highest BCUT2D eigenvalue weighted by atomic mass is 16.3. The van der Waals surface area contributed by atoms with Crippen LogP contribution in [0.25, 0.3) is 0 Å². The molecule has 0 atom stereocenters. The molecule has 2 N–H and O–H groups in total. The van der Waals surface area contributed by atoms with E-state index in [4.69, 9.17) is 4.42 Å². The molecule has 128 valence electrons. The molecular formula is C19H20N4O2. The van der Waals surface area contributed by atoms with Gasteiger partial charge in [-0.05, 0) is 56.2 Å². The van der Waals surface area contributed by atoms with Crippen LogP contribution in [-0.4, -0.2) is 16.1 Å². The molecule has 25 heavy (non-hydrogen) atoms. The Morgan fingerprint density at radius 2 is 1.84 bits per heavy atom. The zero-order chi connectivity index (χ0) is 17.8. The summed E-state index contributed by atoms with van der Waals surface area (Å²) < 4.78 is 5.18. The van der Waals surface area contributed by atoms with Crippen LogP contribution in [0.5, 0.6) is 0 Å². The van der Waals surface area contributed by atoms with Gasteiger partial charge in [0.05, 0.1) is 12.8 Å². The second-order valence-corrected chi connectivity index (χ2v) is 5.96. The normalized spacial score (nSPS) is 10.5. The van der Waals surface area contributed by atoms with Crippen LogP contribution >= 0.6 is 0 Å². The number of carbonyl (C=O) groups is 1. The number of aryl methyl sites for hydroxylation is 3. The molecule has 3 aromatic rings. The van der Waals surface area contributed by atoms with E-state index in [1.165, 1.54) is 5.56 Å². The number of rotatable bonds is 5. The third-order valence-corrected chi connectivity index (χ3v) is 3.83. The number of benzene rings is 1. The van der Waals surface area contributed by atoms with Gasteiger partial charge in [0.1, 0.15) is 5.76 Å². The minimum atomic E-state index is -0.293. The minimum Gasteiger partial charge on any atom is -0.467 e. The number of aromatic nitrogens is 2. The van der Waals surface area contributed by atoms with E-state index >= 15 is 0 Å². The second kappa shape index (κ2) is 7.17. The fraction of sp³-hybridized carbons (Fsp3) is 0.211. The van der Waals surface area contributed by atoms with E-state index in [-0.39, 0.29) is 11.6 Å². The Labute approximate surface area is 146 Å². The SMILES string of the molecule is Cc1cc(C)c(Nc2ccc(C(=O)NCc3ccco3)nn2)c(C)c1. The summed E-state index contributed by atoms with van der Waals surface area (Å²) in [5.41, 5.74) is 4.76. The van der Waals surface area contributed by atoms with Gasteiger partial charge in [0.15, 0.2) is 11.5 Å². The Morgan fingerprint density at radius 3 is 2.44 bits per heavy atom. The maximum atomic E-state index is 12.1. The Balaban J connectivity index is 1.67. The van der Waals surface area contributed by atoms with Crippen molar-refractivity contribution in [1.29, 1.82) is 0 Å². The molecule has 0 spiro atoms. The van der Waals surface area contributed by atoms with Crippen molar-refractivity contribution in [1.82, 2.24) is 15.5 Å². The fourth-order valence-corrected chi connectivity index (χ4v) is 2.70. The quantitative estimate of drug-likeness (QED) is 0.743. The molecule has 0 saturated heterocycles. The van der Waals surface area contributed by atoms with Gasteiger partial charge in [0.25, 0.3) is 5.91 Å². The van der Waals surface area contributed by atoms with Crippen molar-refractivity contribution in [3.8, 4) is 0 Å². The highest BCUT2D eigenvalue weighted by Crippen LogP contribution is 2.24. The number of anilines is 2. The van der Waals surface area contributed by atoms with E-state index in [0.717, 1.165) is 16.8 Å². The van der Waals surface area contributed by atoms with Crippen LogP contribution in [-0.2, 0) is 6.54 Å². The van der Waals surface area contributed by atoms with Gasteiger partial charge < -0.3 is 15.1 Å². The third kappa shape index (κ3) is 4.03. The van der Waals surface area contributed by atoms with Crippen LogP contribution < -0.4 is 10.6 Å². The molecule has 0 saturated carbocycles. The molecule has 0 aliphatic heterocycles. The number of nitrogens with zero attached hydrogens (tertiary/aromatic N) is 2. The van der Waals surface area contributed by atoms with Crippen molar-refractivity contribution >= 4 is 17.4 Å². The van der Waals surface area contributed by atoms with Crippen molar-refractivity contribution < 1.29 is 9.21 Å². The summed E-state index contributed by atoms with van der Waals surface area (Å²) in [6.07, 6.45) is 1.57. The lowest BCUT2D eigenvalue weighted by molar-refractivity contribution is 0.0942. The maximum Gasteiger partial charge on any atom is 0.272 e. The number of carbonyl (C=O) groups excluding carboxylic acids is 1. The van der Waals surface area contributed by atoms with Crippen LogP contribution in [0.1, 0.15) is 32.9 Å². The van der Waals surface area contributed by atoms with Crippen LogP contribution in [0.2, 0.25) is 0 Å². The predicted octanol–water partition coefficient (Wildman–Crippen LogP) is 3.67. The van der Waals surface area contributed by atoms with Crippen LogP contribution in [0, 0.1) is 20.8 Å². The zero-order valence-electron chi connectivity index (χ0n) is 14.5. The van der Waals surface area contributed by atoms with Crippen molar-refractivity contribution in [3.05, 3.63) is 70.8 Å². The van der Waals surface area contributed by atoms with E-state index in [1.54, 1.807) is 30.5 Å². The van der Waals surface area contributed by atoms with E-state index in [9.17, 15) is 4.79 Å². The van der Waals surface area contributed by atoms with Gasteiger partial charge in [-0.2, -0.15) is 0 Å². The van der Waals surface area contributed by atoms with E-state index in [0.29, 0.717) is 18.1 Å². The molecule has 6 nitrogen and oxygen atoms in total. The molecule has 3 rings (SSSR count). The van der Waals surface area contributed by atoms with Crippen molar-refractivity contribution in [3.63, 3.8) is 0 Å². The van der Waals surface area contributed by atoms with Crippen LogP contribution in [0.3, 0.4) is 0 Å². The third-order valence-electron chi connectivity index (χ3n) is 3.83. The average molecular weight is 336 g/mol. The predicted molar refractivity (Wildman–Crippen MR) is 95.8 cm³/mol. The highest BCUT2D eigenvalue weighted by Gasteiger charge is 2.10. The first-order chi connectivity index (χ1) is 12.0. The number of furan rings is 1. The second-order valence-electron chi connectivity index (χ2n) is 5.96. The van der Waals surface area contributed by atoms with Gasteiger partial charge in [-0.1, -0.05) is 17.7 Å². The molecular weight excluding hydrogens is 316 g/mol. The molecule has 0 aliphatic carbocycles. The topological polar surface area (TPSA) is 80.0 Å². The Hall–Kier alpha value is -3.15. The maximum absolute atomic E-state index is 12.1. The molecule has 2 aromatic heterocycles. The van der Waals surface area contributed by atoms with E-state index in [2.05, 4.69) is 39.9 Å². The average Bonchev–Trinajstić information content (AvgIpc) is 3.10. The molecule has 2 heterocycles. The summed E-state index contributed by atoms with van der Waals surface area (Å²) in [6, 6.07) is 11.2. The molecule has 0 aliphatic rings. The molecule has 0 unspecified atom stereocenters. The summed E-state index contributed by atoms with van der Waals surface area (Å²) in [5, 5.41) is 14.1. The van der Waals surface area contributed by atoms with Crippen molar-refractivity contribution in [2.75, 3.05) is 5.32 Å². The molecule has 1 aromatic carbocycles. The summed E-state index contributed by atoms with van der Waals surface area (Å²) in [4.78, 5) is 12.1. The smallest absolute Gasteiger partial charge is 0.272 e. The number of nitrogens with one attached hydrogen (secondary N) is 2. The van der Waals surface area contributed by atoms with Gasteiger partial charge in [0.2, 0.25) is 0 Å². The van der Waals surface area contributed by atoms with E-state index in [1.807, 2.05) is 13.8 Å². The first-order valence-corrected chi connectivity index (χ1v) is 8.02. The van der Waals surface area contributed by atoms with Gasteiger partial charge in [-0.3, -0.25) is 4.79 Å².